The van der Waals surface area contributed by atoms with E-state index < -0.39 is 0 Å². The minimum absolute atomic E-state index is 0.163. The summed E-state index contributed by atoms with van der Waals surface area (Å²) in [5.74, 6) is 0.597. The third kappa shape index (κ3) is 2.48. The summed E-state index contributed by atoms with van der Waals surface area (Å²) < 4.78 is 0. The molecule has 1 aromatic rings. The van der Waals surface area contributed by atoms with Crippen LogP contribution in [0.15, 0.2) is 30.3 Å². The lowest BCUT2D eigenvalue weighted by Crippen LogP contribution is -2.39. The molecule has 3 unspecified atom stereocenters. The Hall–Kier alpha value is -1.84. The molecule has 2 aliphatic rings. The Morgan fingerprint density at radius 2 is 1.84 bits per heavy atom. The molecule has 1 aliphatic carbocycles. The molecule has 0 aromatic heterocycles. The Balaban J connectivity index is 1.72. The van der Waals surface area contributed by atoms with E-state index in [1.165, 1.54) is 12.0 Å². The Labute approximate surface area is 112 Å². The van der Waals surface area contributed by atoms with Gasteiger partial charge < -0.3 is 5.32 Å². The topological polar surface area (TPSA) is 58.2 Å². The summed E-state index contributed by atoms with van der Waals surface area (Å²) in [6.07, 6.45) is 4.27. The fourth-order valence-corrected chi connectivity index (χ4v) is 3.32. The number of rotatable bonds is 2. The van der Waals surface area contributed by atoms with E-state index in [0.29, 0.717) is 5.92 Å². The quantitative estimate of drug-likeness (QED) is 0.799. The minimum atomic E-state index is -0.350. The molecule has 0 radical (unpaired) electrons. The lowest BCUT2D eigenvalue weighted by Gasteiger charge is -2.31. The zero-order valence-electron chi connectivity index (χ0n) is 10.8. The molecule has 1 saturated carbocycles. The summed E-state index contributed by atoms with van der Waals surface area (Å²) in [7, 11) is 0. The first kappa shape index (κ1) is 12.2. The molecule has 2 fully saturated rings. The molecule has 0 spiro atoms. The first-order chi connectivity index (χ1) is 9.24. The van der Waals surface area contributed by atoms with Crippen LogP contribution in [0, 0.1) is 5.92 Å². The molecule has 3 amide bonds. The van der Waals surface area contributed by atoms with Crippen LogP contribution in [0.2, 0.25) is 0 Å². The molecular formula is C15H18N2O2. The maximum Gasteiger partial charge on any atom is 0.322 e. The molecule has 100 valence electrons. The Bertz CT molecular complexity index is 486. The van der Waals surface area contributed by atoms with Gasteiger partial charge in [-0.1, -0.05) is 36.8 Å². The summed E-state index contributed by atoms with van der Waals surface area (Å²) in [6.45, 7) is 0. The van der Waals surface area contributed by atoms with E-state index in [9.17, 15) is 9.59 Å². The van der Waals surface area contributed by atoms with Gasteiger partial charge in [-0.15, -0.1) is 0 Å². The number of carbonyl (C=O) groups excluding carboxylic acids is 2. The smallest absolute Gasteiger partial charge is 0.322 e. The van der Waals surface area contributed by atoms with Gasteiger partial charge in [0.1, 0.15) is 6.04 Å². The maximum atomic E-state index is 11.7. The third-order valence-electron chi connectivity index (χ3n) is 4.26. The second-order valence-corrected chi connectivity index (χ2v) is 5.47. The van der Waals surface area contributed by atoms with Gasteiger partial charge in [-0.3, -0.25) is 10.1 Å². The van der Waals surface area contributed by atoms with Crippen LogP contribution < -0.4 is 10.6 Å². The standard InChI is InChI=1S/C15H18N2O2/c18-14-13(16-15(19)17-14)12-8-4-7-11(9-12)10-5-2-1-3-6-10/h1-3,5-6,11-13H,4,7-9H2,(H2,16,17,18,19). The minimum Gasteiger partial charge on any atom is -0.326 e. The summed E-state index contributed by atoms with van der Waals surface area (Å²) in [5, 5.41) is 5.08. The van der Waals surface area contributed by atoms with E-state index in [4.69, 9.17) is 0 Å². The van der Waals surface area contributed by atoms with Gasteiger partial charge in [0.15, 0.2) is 0 Å². The monoisotopic (exact) mass is 258 g/mol. The molecule has 1 aromatic carbocycles. The zero-order chi connectivity index (χ0) is 13.2. The van der Waals surface area contributed by atoms with Crippen molar-refractivity contribution in [3.63, 3.8) is 0 Å². The van der Waals surface area contributed by atoms with Gasteiger partial charge in [-0.25, -0.2) is 4.79 Å². The molecule has 3 rings (SSSR count). The predicted octanol–water partition coefficient (Wildman–Crippen LogP) is 2.17. The van der Waals surface area contributed by atoms with E-state index >= 15 is 0 Å². The summed E-state index contributed by atoms with van der Waals surface area (Å²) in [4.78, 5) is 22.9. The van der Waals surface area contributed by atoms with Crippen molar-refractivity contribution in [1.82, 2.24) is 10.6 Å². The van der Waals surface area contributed by atoms with E-state index in [1.54, 1.807) is 0 Å². The van der Waals surface area contributed by atoms with Crippen molar-refractivity contribution < 1.29 is 9.59 Å². The number of hydrogen-bond donors (Lipinski definition) is 2. The molecule has 4 heteroatoms. The van der Waals surface area contributed by atoms with E-state index in [-0.39, 0.29) is 23.9 Å². The molecule has 1 heterocycles. The number of carbonyl (C=O) groups is 2. The summed E-state index contributed by atoms with van der Waals surface area (Å²) >= 11 is 0. The SMILES string of the molecule is O=C1NC(=O)C(C2CCCC(c3ccccc3)C2)N1. The second-order valence-electron chi connectivity index (χ2n) is 5.47. The fraction of sp³-hybridized carbons (Fsp3) is 0.467. The van der Waals surface area contributed by atoms with Gasteiger partial charge >= 0.3 is 6.03 Å². The van der Waals surface area contributed by atoms with Crippen LogP contribution >= 0.6 is 0 Å². The largest absolute Gasteiger partial charge is 0.326 e. The number of benzene rings is 1. The second kappa shape index (κ2) is 5.03. The van der Waals surface area contributed by atoms with Gasteiger partial charge in [0.25, 0.3) is 5.91 Å². The van der Waals surface area contributed by atoms with Crippen molar-refractivity contribution in [3.8, 4) is 0 Å². The van der Waals surface area contributed by atoms with Gasteiger partial charge in [0.05, 0.1) is 0 Å². The highest BCUT2D eigenvalue weighted by molar-refractivity contribution is 6.04. The zero-order valence-corrected chi connectivity index (χ0v) is 10.8. The molecule has 4 nitrogen and oxygen atoms in total. The van der Waals surface area contributed by atoms with Crippen molar-refractivity contribution in [1.29, 1.82) is 0 Å². The van der Waals surface area contributed by atoms with Crippen molar-refractivity contribution >= 4 is 11.9 Å². The Morgan fingerprint density at radius 3 is 2.53 bits per heavy atom. The summed E-state index contributed by atoms with van der Waals surface area (Å²) in [5.41, 5.74) is 1.34. The highest BCUT2D eigenvalue weighted by atomic mass is 16.2. The van der Waals surface area contributed by atoms with E-state index in [1.807, 2.05) is 6.07 Å². The number of hydrogen-bond acceptors (Lipinski definition) is 2. The predicted molar refractivity (Wildman–Crippen MR) is 71.6 cm³/mol. The number of amides is 3. The highest BCUT2D eigenvalue weighted by Crippen LogP contribution is 2.37. The first-order valence-electron chi connectivity index (χ1n) is 6.90. The highest BCUT2D eigenvalue weighted by Gasteiger charge is 2.38. The number of nitrogens with one attached hydrogen (secondary N) is 2. The van der Waals surface area contributed by atoms with Crippen LogP contribution in [-0.2, 0) is 4.79 Å². The van der Waals surface area contributed by atoms with Crippen LogP contribution in [-0.4, -0.2) is 18.0 Å². The van der Waals surface area contributed by atoms with Crippen molar-refractivity contribution in [3.05, 3.63) is 35.9 Å². The van der Waals surface area contributed by atoms with Gasteiger partial charge in [0.2, 0.25) is 0 Å². The maximum absolute atomic E-state index is 11.7. The normalized spacial score (nSPS) is 30.8. The molecule has 3 atom stereocenters. The van der Waals surface area contributed by atoms with Gasteiger partial charge in [-0.05, 0) is 36.7 Å². The lowest BCUT2D eigenvalue weighted by molar-refractivity contribution is -0.121. The van der Waals surface area contributed by atoms with Crippen LogP contribution in [0.1, 0.15) is 37.2 Å². The fourth-order valence-electron chi connectivity index (χ4n) is 3.32. The Kier molecular flexibility index (Phi) is 3.23. The van der Waals surface area contributed by atoms with Gasteiger partial charge in [0, 0.05) is 0 Å². The lowest BCUT2D eigenvalue weighted by atomic mass is 9.75. The van der Waals surface area contributed by atoms with Crippen molar-refractivity contribution in [2.75, 3.05) is 0 Å². The van der Waals surface area contributed by atoms with Crippen molar-refractivity contribution in [2.45, 2.75) is 37.6 Å². The molecule has 1 aliphatic heterocycles. The molecular weight excluding hydrogens is 240 g/mol. The summed E-state index contributed by atoms with van der Waals surface area (Å²) in [6, 6.07) is 9.76. The van der Waals surface area contributed by atoms with E-state index in [0.717, 1.165) is 19.3 Å². The molecule has 2 N–H and O–H groups in total. The molecule has 1 saturated heterocycles. The molecule has 0 bridgehead atoms. The Morgan fingerprint density at radius 1 is 1.05 bits per heavy atom. The van der Waals surface area contributed by atoms with Gasteiger partial charge in [-0.2, -0.15) is 0 Å². The average Bonchev–Trinajstić information content (AvgIpc) is 2.79. The van der Waals surface area contributed by atoms with E-state index in [2.05, 4.69) is 34.9 Å². The average molecular weight is 258 g/mol. The van der Waals surface area contributed by atoms with Crippen molar-refractivity contribution in [2.24, 2.45) is 5.92 Å². The number of imide groups is 1. The molecule has 19 heavy (non-hydrogen) atoms. The van der Waals surface area contributed by atoms with Crippen LogP contribution in [0.25, 0.3) is 0 Å². The number of urea groups is 1. The third-order valence-corrected chi connectivity index (χ3v) is 4.26. The first-order valence-corrected chi connectivity index (χ1v) is 6.90. The van der Waals surface area contributed by atoms with Crippen LogP contribution in [0.5, 0.6) is 0 Å². The van der Waals surface area contributed by atoms with Crippen LogP contribution in [0.3, 0.4) is 0 Å². The van der Waals surface area contributed by atoms with Crippen LogP contribution in [0.4, 0.5) is 4.79 Å².